The molecule has 74 valence electrons. The number of aromatic nitrogens is 1. The maximum absolute atomic E-state index is 7.37. The van der Waals surface area contributed by atoms with E-state index in [0.29, 0.717) is 22.7 Å². The van der Waals surface area contributed by atoms with Gasteiger partial charge in [-0.2, -0.15) is 0 Å². The maximum Gasteiger partial charge on any atom is 0.0968 e. The predicted molar refractivity (Wildman–Crippen MR) is 60.7 cm³/mol. The fraction of sp³-hybridized carbons (Fsp3) is 0. The van der Waals surface area contributed by atoms with Crippen molar-refractivity contribution < 1.29 is 0 Å². The zero-order chi connectivity index (χ0) is 10.7. The first-order chi connectivity index (χ1) is 7.33. The topological polar surface area (TPSA) is 75.1 Å². The van der Waals surface area contributed by atoms with Crippen molar-refractivity contribution in [2.45, 2.75) is 0 Å². The van der Waals surface area contributed by atoms with Crippen molar-refractivity contribution in [2.24, 2.45) is 10.7 Å². The van der Waals surface area contributed by atoms with Crippen LogP contribution in [0.3, 0.4) is 0 Å². The van der Waals surface area contributed by atoms with E-state index in [0.717, 1.165) is 0 Å². The van der Waals surface area contributed by atoms with Crippen LogP contribution in [0.4, 0.5) is 0 Å². The van der Waals surface area contributed by atoms with Crippen molar-refractivity contribution in [1.29, 1.82) is 5.41 Å². The van der Waals surface area contributed by atoms with Crippen molar-refractivity contribution in [2.75, 3.05) is 0 Å². The molecule has 3 N–H and O–H groups in total. The second-order valence-electron chi connectivity index (χ2n) is 3.02. The summed E-state index contributed by atoms with van der Waals surface area (Å²) < 4.78 is 0. The molecule has 4 nitrogen and oxygen atoms in total. The van der Waals surface area contributed by atoms with Crippen LogP contribution < -0.4 is 5.73 Å². The molecule has 0 fully saturated rings. The van der Waals surface area contributed by atoms with Crippen molar-refractivity contribution in [1.82, 2.24) is 4.98 Å². The maximum atomic E-state index is 7.37. The van der Waals surface area contributed by atoms with E-state index in [2.05, 4.69) is 9.98 Å². The lowest BCUT2D eigenvalue weighted by Crippen LogP contribution is -2.01. The molecule has 0 saturated carbocycles. The van der Waals surface area contributed by atoms with Gasteiger partial charge in [0.1, 0.15) is 0 Å². The van der Waals surface area contributed by atoms with Gasteiger partial charge >= 0.3 is 0 Å². The van der Waals surface area contributed by atoms with Gasteiger partial charge in [0.2, 0.25) is 0 Å². The van der Waals surface area contributed by atoms with Crippen LogP contribution in [-0.4, -0.2) is 17.4 Å². The molecule has 0 atom stereocenters. The van der Waals surface area contributed by atoms with Gasteiger partial charge in [0, 0.05) is 24.2 Å². The highest BCUT2D eigenvalue weighted by atomic mass is 14.8. The number of pyridine rings is 1. The van der Waals surface area contributed by atoms with Crippen LogP contribution in [0, 0.1) is 5.41 Å². The SMILES string of the molecule is N=C/C(=C1/N=CC=C1N)c1ccccn1. The molecular formula is C11H10N4. The Bertz CT molecular complexity index is 469. The van der Waals surface area contributed by atoms with Crippen LogP contribution in [0.5, 0.6) is 0 Å². The van der Waals surface area contributed by atoms with E-state index in [1.807, 2.05) is 18.2 Å². The summed E-state index contributed by atoms with van der Waals surface area (Å²) in [5, 5.41) is 7.37. The number of nitrogens with one attached hydrogen (secondary N) is 1. The van der Waals surface area contributed by atoms with E-state index in [9.17, 15) is 0 Å². The molecule has 15 heavy (non-hydrogen) atoms. The monoisotopic (exact) mass is 198 g/mol. The Morgan fingerprint density at radius 2 is 2.27 bits per heavy atom. The molecule has 0 unspecified atom stereocenters. The summed E-state index contributed by atoms with van der Waals surface area (Å²) >= 11 is 0. The van der Waals surface area contributed by atoms with Crippen LogP contribution in [-0.2, 0) is 0 Å². The van der Waals surface area contributed by atoms with Crippen molar-refractivity contribution in [3.05, 3.63) is 47.6 Å². The van der Waals surface area contributed by atoms with Gasteiger partial charge in [0.05, 0.1) is 17.1 Å². The van der Waals surface area contributed by atoms with Gasteiger partial charge in [-0.15, -0.1) is 0 Å². The standard InChI is InChI=1S/C11H10N4/c12-7-8(10-3-1-2-5-14-10)11-9(13)4-6-15-11/h1-7,12H,13H2/b11-8-,12-7?. The first kappa shape index (κ1) is 9.33. The molecule has 2 heterocycles. The summed E-state index contributed by atoms with van der Waals surface area (Å²) in [6.07, 6.45) is 6.23. The molecule has 0 aliphatic carbocycles. The number of hydrogen-bond donors (Lipinski definition) is 2. The lowest BCUT2D eigenvalue weighted by Gasteiger charge is -2.04. The second kappa shape index (κ2) is 3.88. The van der Waals surface area contributed by atoms with Crippen LogP contribution in [0.2, 0.25) is 0 Å². The lowest BCUT2D eigenvalue weighted by atomic mass is 10.1. The normalized spacial score (nSPS) is 17.5. The predicted octanol–water partition coefficient (Wildman–Crippen LogP) is 1.37. The number of nitrogens with two attached hydrogens (primary N) is 1. The molecule has 0 aromatic carbocycles. The Balaban J connectivity index is 2.54. The highest BCUT2D eigenvalue weighted by Crippen LogP contribution is 2.21. The molecule has 0 spiro atoms. The van der Waals surface area contributed by atoms with E-state index in [1.165, 1.54) is 6.21 Å². The van der Waals surface area contributed by atoms with Crippen LogP contribution in [0.15, 0.2) is 46.9 Å². The Kier molecular flexibility index (Phi) is 2.41. The number of nitrogens with zero attached hydrogens (tertiary/aromatic N) is 2. The summed E-state index contributed by atoms with van der Waals surface area (Å²) in [4.78, 5) is 8.27. The first-order valence-corrected chi connectivity index (χ1v) is 4.49. The quantitative estimate of drug-likeness (QED) is 0.704. The second-order valence-corrected chi connectivity index (χ2v) is 3.02. The molecule has 0 amide bonds. The van der Waals surface area contributed by atoms with Crippen LogP contribution in [0.25, 0.3) is 5.57 Å². The third kappa shape index (κ3) is 1.69. The third-order valence-corrected chi connectivity index (χ3v) is 2.07. The van der Waals surface area contributed by atoms with E-state index in [1.54, 1.807) is 18.5 Å². The minimum absolute atomic E-state index is 0.569. The molecule has 1 aromatic heterocycles. The smallest absolute Gasteiger partial charge is 0.0968 e. The fourth-order valence-electron chi connectivity index (χ4n) is 1.36. The summed E-state index contributed by atoms with van der Waals surface area (Å²) in [6, 6.07) is 5.52. The van der Waals surface area contributed by atoms with E-state index in [-0.39, 0.29) is 0 Å². The van der Waals surface area contributed by atoms with Gasteiger partial charge in [0.25, 0.3) is 0 Å². The van der Waals surface area contributed by atoms with Gasteiger partial charge in [-0.1, -0.05) is 6.07 Å². The molecule has 0 bridgehead atoms. The van der Waals surface area contributed by atoms with Crippen LogP contribution in [0.1, 0.15) is 5.69 Å². The number of aliphatic imine (C=N–C) groups is 1. The number of allylic oxidation sites excluding steroid dienone is 2. The van der Waals surface area contributed by atoms with Crippen molar-refractivity contribution >= 4 is 18.0 Å². The summed E-state index contributed by atoms with van der Waals surface area (Å²) in [5.74, 6) is 0. The Morgan fingerprint density at radius 1 is 1.40 bits per heavy atom. The molecule has 2 rings (SSSR count). The molecule has 0 saturated heterocycles. The summed E-state index contributed by atoms with van der Waals surface area (Å²) in [7, 11) is 0. The number of hydrogen-bond acceptors (Lipinski definition) is 4. The average Bonchev–Trinajstić information content (AvgIpc) is 2.68. The molecule has 0 radical (unpaired) electrons. The first-order valence-electron chi connectivity index (χ1n) is 4.49. The van der Waals surface area contributed by atoms with Gasteiger partial charge in [-0.05, 0) is 18.2 Å². The largest absolute Gasteiger partial charge is 0.397 e. The minimum Gasteiger partial charge on any atom is -0.397 e. The van der Waals surface area contributed by atoms with Crippen LogP contribution >= 0.6 is 0 Å². The zero-order valence-corrected chi connectivity index (χ0v) is 8.01. The molecular weight excluding hydrogens is 188 g/mol. The van der Waals surface area contributed by atoms with Crippen molar-refractivity contribution in [3.63, 3.8) is 0 Å². The average molecular weight is 198 g/mol. The van der Waals surface area contributed by atoms with Gasteiger partial charge in [-0.3, -0.25) is 9.98 Å². The summed E-state index contributed by atoms with van der Waals surface area (Å²) in [5.41, 5.74) is 8.27. The Morgan fingerprint density at radius 3 is 2.80 bits per heavy atom. The highest BCUT2D eigenvalue weighted by Gasteiger charge is 2.12. The number of rotatable bonds is 2. The molecule has 1 aliphatic rings. The highest BCUT2D eigenvalue weighted by molar-refractivity contribution is 6.10. The lowest BCUT2D eigenvalue weighted by molar-refractivity contribution is 1.24. The summed E-state index contributed by atoms with van der Waals surface area (Å²) in [6.45, 7) is 0. The van der Waals surface area contributed by atoms with Gasteiger partial charge in [-0.25, -0.2) is 0 Å². The molecule has 4 heteroatoms. The third-order valence-electron chi connectivity index (χ3n) is 2.07. The van der Waals surface area contributed by atoms with E-state index < -0.39 is 0 Å². The van der Waals surface area contributed by atoms with E-state index in [4.69, 9.17) is 11.1 Å². The minimum atomic E-state index is 0.569. The van der Waals surface area contributed by atoms with Crippen molar-refractivity contribution in [3.8, 4) is 0 Å². The van der Waals surface area contributed by atoms with Gasteiger partial charge < -0.3 is 11.1 Å². The molecule has 1 aliphatic heterocycles. The molecule has 1 aromatic rings. The Labute approximate surface area is 87.4 Å². The zero-order valence-electron chi connectivity index (χ0n) is 8.01. The van der Waals surface area contributed by atoms with E-state index >= 15 is 0 Å². The fourth-order valence-corrected chi connectivity index (χ4v) is 1.36. The van der Waals surface area contributed by atoms with Gasteiger partial charge in [0.15, 0.2) is 0 Å². The Hall–Kier alpha value is -2.23.